The zero-order valence-corrected chi connectivity index (χ0v) is 13.7. The van der Waals surface area contributed by atoms with Gasteiger partial charge in [-0.15, -0.1) is 0 Å². The largest absolute Gasteiger partial charge is 0.493 e. The van der Waals surface area contributed by atoms with Crippen molar-refractivity contribution in [2.24, 2.45) is 0 Å². The SMILES string of the molecule is COc1cc(COC(=O)N(C)C)c(Br)c(OC)c1OC. The van der Waals surface area contributed by atoms with Crippen LogP contribution in [0.1, 0.15) is 5.56 Å². The molecular formula is C13H18BrNO5. The molecule has 0 saturated carbocycles. The van der Waals surface area contributed by atoms with E-state index in [2.05, 4.69) is 15.9 Å². The van der Waals surface area contributed by atoms with Gasteiger partial charge in [0.1, 0.15) is 6.61 Å². The molecule has 0 heterocycles. The average molecular weight is 348 g/mol. The Morgan fingerprint density at radius 3 is 2.20 bits per heavy atom. The molecular weight excluding hydrogens is 330 g/mol. The Kier molecular flexibility index (Phi) is 5.94. The second-order valence-electron chi connectivity index (χ2n) is 4.07. The van der Waals surface area contributed by atoms with Gasteiger partial charge >= 0.3 is 6.09 Å². The number of hydrogen-bond acceptors (Lipinski definition) is 5. The quantitative estimate of drug-likeness (QED) is 0.819. The number of benzene rings is 1. The normalized spacial score (nSPS) is 9.90. The summed E-state index contributed by atoms with van der Waals surface area (Å²) < 4.78 is 21.6. The van der Waals surface area contributed by atoms with E-state index in [0.29, 0.717) is 21.7 Å². The van der Waals surface area contributed by atoms with Crippen molar-refractivity contribution in [2.45, 2.75) is 6.61 Å². The van der Waals surface area contributed by atoms with E-state index in [-0.39, 0.29) is 6.61 Å². The molecule has 1 amide bonds. The summed E-state index contributed by atoms with van der Waals surface area (Å²) in [5.74, 6) is 1.47. The molecule has 0 radical (unpaired) electrons. The first kappa shape index (κ1) is 16.4. The Bertz CT molecular complexity index is 490. The predicted molar refractivity (Wildman–Crippen MR) is 77.7 cm³/mol. The maximum Gasteiger partial charge on any atom is 0.409 e. The third kappa shape index (κ3) is 3.47. The van der Waals surface area contributed by atoms with E-state index in [1.807, 2.05) is 0 Å². The van der Waals surface area contributed by atoms with Gasteiger partial charge in [-0.1, -0.05) is 0 Å². The molecule has 1 rings (SSSR count). The molecule has 112 valence electrons. The summed E-state index contributed by atoms with van der Waals surface area (Å²) >= 11 is 3.42. The van der Waals surface area contributed by atoms with Crippen molar-refractivity contribution in [3.8, 4) is 17.2 Å². The molecule has 0 aromatic heterocycles. The molecule has 1 aromatic rings. The lowest BCUT2D eigenvalue weighted by atomic mass is 10.2. The summed E-state index contributed by atoms with van der Waals surface area (Å²) in [5.41, 5.74) is 0.717. The van der Waals surface area contributed by atoms with Crippen molar-refractivity contribution in [1.29, 1.82) is 0 Å². The first-order valence-electron chi connectivity index (χ1n) is 5.77. The fourth-order valence-electron chi connectivity index (χ4n) is 1.55. The monoisotopic (exact) mass is 347 g/mol. The summed E-state index contributed by atoms with van der Waals surface area (Å²) in [5, 5.41) is 0. The smallest absolute Gasteiger partial charge is 0.409 e. The fourth-order valence-corrected chi connectivity index (χ4v) is 2.12. The summed E-state index contributed by atoms with van der Waals surface area (Å²) in [6.45, 7) is 0.0916. The standard InChI is InChI=1S/C13H18BrNO5/c1-15(2)13(16)20-7-8-6-9(17-3)11(18-4)12(19-5)10(8)14/h6H,7H2,1-5H3. The molecule has 0 unspecified atom stereocenters. The van der Waals surface area contributed by atoms with Gasteiger partial charge in [-0.05, 0) is 22.0 Å². The number of ether oxygens (including phenoxy) is 4. The van der Waals surface area contributed by atoms with Crippen molar-refractivity contribution in [3.63, 3.8) is 0 Å². The summed E-state index contributed by atoms with van der Waals surface area (Å²) in [4.78, 5) is 12.8. The number of nitrogens with zero attached hydrogens (tertiary/aromatic N) is 1. The second kappa shape index (κ2) is 7.23. The van der Waals surface area contributed by atoms with Crippen LogP contribution in [0.5, 0.6) is 17.2 Å². The van der Waals surface area contributed by atoms with Gasteiger partial charge < -0.3 is 23.8 Å². The van der Waals surface area contributed by atoms with Crippen LogP contribution in [0.4, 0.5) is 4.79 Å². The van der Waals surface area contributed by atoms with Crippen LogP contribution in [0.2, 0.25) is 0 Å². The van der Waals surface area contributed by atoms with Gasteiger partial charge in [0.05, 0.1) is 25.8 Å². The Hall–Kier alpha value is -1.63. The van der Waals surface area contributed by atoms with E-state index in [1.165, 1.54) is 26.2 Å². The third-order valence-electron chi connectivity index (χ3n) is 2.56. The van der Waals surface area contributed by atoms with Gasteiger partial charge in [-0.25, -0.2) is 4.79 Å². The molecule has 6 nitrogen and oxygen atoms in total. The minimum atomic E-state index is -0.425. The van der Waals surface area contributed by atoms with Crippen LogP contribution in [0, 0.1) is 0 Å². The molecule has 0 atom stereocenters. The average Bonchev–Trinajstić information content (AvgIpc) is 2.44. The van der Waals surface area contributed by atoms with Crippen molar-refractivity contribution in [2.75, 3.05) is 35.4 Å². The van der Waals surface area contributed by atoms with E-state index < -0.39 is 6.09 Å². The lowest BCUT2D eigenvalue weighted by Crippen LogP contribution is -2.22. The van der Waals surface area contributed by atoms with Crippen LogP contribution in [-0.2, 0) is 11.3 Å². The van der Waals surface area contributed by atoms with Crippen molar-refractivity contribution in [3.05, 3.63) is 16.1 Å². The van der Waals surface area contributed by atoms with Crippen LogP contribution < -0.4 is 14.2 Å². The van der Waals surface area contributed by atoms with E-state index in [9.17, 15) is 4.79 Å². The number of carbonyl (C=O) groups is 1. The van der Waals surface area contributed by atoms with E-state index in [0.717, 1.165) is 5.56 Å². The number of halogens is 1. The van der Waals surface area contributed by atoms with Gasteiger partial charge in [0, 0.05) is 19.7 Å². The minimum Gasteiger partial charge on any atom is -0.493 e. The zero-order chi connectivity index (χ0) is 15.3. The Morgan fingerprint density at radius 2 is 1.75 bits per heavy atom. The molecule has 0 aliphatic carbocycles. The molecule has 20 heavy (non-hydrogen) atoms. The van der Waals surface area contributed by atoms with Crippen molar-refractivity contribution < 1.29 is 23.7 Å². The number of carbonyl (C=O) groups excluding carboxylic acids is 1. The molecule has 0 saturated heterocycles. The summed E-state index contributed by atoms with van der Waals surface area (Å²) in [6.07, 6.45) is -0.425. The van der Waals surface area contributed by atoms with Crippen LogP contribution in [0.15, 0.2) is 10.5 Å². The molecule has 1 aromatic carbocycles. The molecule has 0 spiro atoms. The molecule has 7 heteroatoms. The highest BCUT2D eigenvalue weighted by Crippen LogP contribution is 2.44. The molecule has 0 aliphatic rings. The first-order chi connectivity index (χ1) is 9.46. The van der Waals surface area contributed by atoms with E-state index in [4.69, 9.17) is 18.9 Å². The van der Waals surface area contributed by atoms with Crippen molar-refractivity contribution >= 4 is 22.0 Å². The second-order valence-corrected chi connectivity index (χ2v) is 4.86. The van der Waals surface area contributed by atoms with Crippen LogP contribution in [0.25, 0.3) is 0 Å². The predicted octanol–water partition coefficient (Wildman–Crippen LogP) is 2.67. The lowest BCUT2D eigenvalue weighted by Gasteiger charge is -2.17. The Morgan fingerprint density at radius 1 is 1.15 bits per heavy atom. The van der Waals surface area contributed by atoms with Gasteiger partial charge in [0.25, 0.3) is 0 Å². The third-order valence-corrected chi connectivity index (χ3v) is 3.43. The number of amides is 1. The molecule has 0 N–H and O–H groups in total. The Balaban J connectivity index is 3.11. The Labute approximate surface area is 126 Å². The number of methoxy groups -OCH3 is 3. The van der Waals surface area contributed by atoms with Crippen LogP contribution in [-0.4, -0.2) is 46.4 Å². The van der Waals surface area contributed by atoms with E-state index in [1.54, 1.807) is 20.2 Å². The highest BCUT2D eigenvalue weighted by Gasteiger charge is 2.20. The van der Waals surface area contributed by atoms with Gasteiger partial charge in [-0.3, -0.25) is 0 Å². The van der Waals surface area contributed by atoms with Crippen molar-refractivity contribution in [1.82, 2.24) is 4.90 Å². The minimum absolute atomic E-state index is 0.0916. The topological polar surface area (TPSA) is 57.2 Å². The maximum absolute atomic E-state index is 11.5. The fraction of sp³-hybridized carbons (Fsp3) is 0.462. The molecule has 0 bridgehead atoms. The lowest BCUT2D eigenvalue weighted by molar-refractivity contribution is 0.111. The van der Waals surface area contributed by atoms with Crippen LogP contribution >= 0.6 is 15.9 Å². The summed E-state index contributed by atoms with van der Waals surface area (Å²) in [7, 11) is 7.82. The van der Waals surface area contributed by atoms with E-state index >= 15 is 0 Å². The van der Waals surface area contributed by atoms with Gasteiger partial charge in [0.2, 0.25) is 5.75 Å². The molecule has 0 fully saturated rings. The maximum atomic E-state index is 11.5. The van der Waals surface area contributed by atoms with Crippen LogP contribution in [0.3, 0.4) is 0 Å². The van der Waals surface area contributed by atoms with Gasteiger partial charge in [0.15, 0.2) is 11.5 Å². The number of rotatable bonds is 5. The molecule has 0 aliphatic heterocycles. The first-order valence-corrected chi connectivity index (χ1v) is 6.56. The van der Waals surface area contributed by atoms with Gasteiger partial charge in [-0.2, -0.15) is 0 Å². The highest BCUT2D eigenvalue weighted by molar-refractivity contribution is 9.10. The highest BCUT2D eigenvalue weighted by atomic mass is 79.9. The number of hydrogen-bond donors (Lipinski definition) is 0. The summed E-state index contributed by atoms with van der Waals surface area (Å²) in [6, 6.07) is 1.73. The zero-order valence-electron chi connectivity index (χ0n) is 12.2.